The molecule has 3 aromatic rings. The molecular formula is C20H20N4OS2. The van der Waals surface area contributed by atoms with Crippen molar-refractivity contribution in [2.75, 3.05) is 12.8 Å². The van der Waals surface area contributed by atoms with Gasteiger partial charge >= 0.3 is 0 Å². The van der Waals surface area contributed by atoms with Crippen molar-refractivity contribution in [1.29, 1.82) is 5.26 Å². The minimum absolute atomic E-state index is 0.106. The highest BCUT2D eigenvalue weighted by molar-refractivity contribution is 8.00. The number of benzene rings is 1. The Kier molecular flexibility index (Phi) is 5.49. The maximum Gasteiger partial charge on any atom is 0.233 e. The number of nitriles is 1. The Labute approximate surface area is 167 Å². The first-order valence-corrected chi connectivity index (χ1v) is 10.3. The third-order valence-electron chi connectivity index (χ3n) is 4.52. The average Bonchev–Trinajstić information content (AvgIpc) is 3.10. The maximum atomic E-state index is 12.5. The van der Waals surface area contributed by atoms with Crippen LogP contribution in [0.1, 0.15) is 19.4 Å². The van der Waals surface area contributed by atoms with E-state index in [1.54, 1.807) is 32.2 Å². The van der Waals surface area contributed by atoms with E-state index in [0.717, 1.165) is 26.4 Å². The number of thioether (sulfide) groups is 1. The summed E-state index contributed by atoms with van der Waals surface area (Å²) < 4.78 is 0. The van der Waals surface area contributed by atoms with Gasteiger partial charge in [0.25, 0.3) is 0 Å². The van der Waals surface area contributed by atoms with Crippen molar-refractivity contribution in [3.8, 4) is 17.2 Å². The summed E-state index contributed by atoms with van der Waals surface area (Å²) >= 11 is 2.96. The van der Waals surface area contributed by atoms with Gasteiger partial charge in [-0.15, -0.1) is 11.3 Å². The Bertz CT molecular complexity index is 1020. The zero-order chi connectivity index (χ0) is 19.6. The van der Waals surface area contributed by atoms with Crippen molar-refractivity contribution in [3.63, 3.8) is 0 Å². The highest BCUT2D eigenvalue weighted by Gasteiger charge is 2.27. The first-order valence-electron chi connectivity index (χ1n) is 8.43. The lowest BCUT2D eigenvalue weighted by Crippen LogP contribution is -2.44. The van der Waals surface area contributed by atoms with Crippen LogP contribution in [-0.2, 0) is 4.79 Å². The van der Waals surface area contributed by atoms with Crippen LogP contribution in [0.15, 0.2) is 41.0 Å². The Hall–Kier alpha value is -2.43. The summed E-state index contributed by atoms with van der Waals surface area (Å²) in [6, 6.07) is 10.5. The fourth-order valence-corrected chi connectivity index (χ4v) is 4.42. The first kappa shape index (κ1) is 19.3. The predicted octanol–water partition coefficient (Wildman–Crippen LogP) is 4.52. The van der Waals surface area contributed by atoms with E-state index in [1.165, 1.54) is 28.6 Å². The molecule has 0 saturated heterocycles. The summed E-state index contributed by atoms with van der Waals surface area (Å²) in [5.74, 6) is 0.113. The van der Waals surface area contributed by atoms with Crippen molar-refractivity contribution in [3.05, 3.63) is 41.5 Å². The smallest absolute Gasteiger partial charge is 0.233 e. The molecular weight excluding hydrogens is 376 g/mol. The summed E-state index contributed by atoms with van der Waals surface area (Å²) in [7, 11) is 1.66. The van der Waals surface area contributed by atoms with Crippen LogP contribution in [0.4, 0.5) is 0 Å². The lowest BCUT2D eigenvalue weighted by molar-refractivity contribution is -0.130. The minimum Gasteiger partial charge on any atom is -0.327 e. The van der Waals surface area contributed by atoms with Crippen molar-refractivity contribution >= 4 is 39.2 Å². The summed E-state index contributed by atoms with van der Waals surface area (Å²) in [6.45, 7) is 5.52. The van der Waals surface area contributed by atoms with Gasteiger partial charge in [-0.2, -0.15) is 5.26 Å². The number of fused-ring (bicyclic) bond motifs is 1. The van der Waals surface area contributed by atoms with Crippen molar-refractivity contribution in [1.82, 2.24) is 14.9 Å². The average molecular weight is 397 g/mol. The van der Waals surface area contributed by atoms with Crippen LogP contribution in [0.25, 0.3) is 21.3 Å². The van der Waals surface area contributed by atoms with E-state index in [0.29, 0.717) is 0 Å². The molecule has 0 spiro atoms. The van der Waals surface area contributed by atoms with Crippen LogP contribution in [0.3, 0.4) is 0 Å². The predicted molar refractivity (Wildman–Crippen MR) is 111 cm³/mol. The number of carbonyl (C=O) groups is 1. The van der Waals surface area contributed by atoms with E-state index >= 15 is 0 Å². The van der Waals surface area contributed by atoms with Crippen LogP contribution in [0, 0.1) is 18.3 Å². The second-order valence-corrected chi connectivity index (χ2v) is 8.61. The molecule has 7 heteroatoms. The molecule has 27 heavy (non-hydrogen) atoms. The third kappa shape index (κ3) is 3.97. The number of amides is 1. The van der Waals surface area contributed by atoms with E-state index in [4.69, 9.17) is 0 Å². The normalized spacial score (nSPS) is 11.4. The van der Waals surface area contributed by atoms with E-state index in [9.17, 15) is 10.1 Å². The molecule has 0 bridgehead atoms. The number of nitrogens with zero attached hydrogens (tertiary/aromatic N) is 4. The van der Waals surface area contributed by atoms with E-state index in [-0.39, 0.29) is 11.7 Å². The van der Waals surface area contributed by atoms with Crippen LogP contribution < -0.4 is 0 Å². The molecule has 0 unspecified atom stereocenters. The van der Waals surface area contributed by atoms with Gasteiger partial charge in [-0.05, 0) is 26.3 Å². The zero-order valence-electron chi connectivity index (χ0n) is 15.7. The summed E-state index contributed by atoms with van der Waals surface area (Å²) in [6.07, 6.45) is 1.54. The van der Waals surface area contributed by atoms with Gasteiger partial charge in [-0.1, -0.05) is 41.6 Å². The number of aryl methyl sites for hydroxylation is 1. The number of rotatable bonds is 5. The maximum absolute atomic E-state index is 12.5. The van der Waals surface area contributed by atoms with Crippen LogP contribution >= 0.6 is 23.1 Å². The van der Waals surface area contributed by atoms with Crippen molar-refractivity contribution < 1.29 is 4.79 Å². The largest absolute Gasteiger partial charge is 0.327 e. The molecule has 2 heterocycles. The summed E-state index contributed by atoms with van der Waals surface area (Å²) in [5.41, 5.74) is 2.56. The van der Waals surface area contributed by atoms with Gasteiger partial charge in [0, 0.05) is 18.0 Å². The summed E-state index contributed by atoms with van der Waals surface area (Å²) in [5, 5.41) is 13.1. The first-order chi connectivity index (χ1) is 12.8. The van der Waals surface area contributed by atoms with Crippen LogP contribution in [0.5, 0.6) is 0 Å². The molecule has 0 saturated carbocycles. The Balaban J connectivity index is 1.89. The molecule has 3 rings (SSSR count). The molecule has 0 fully saturated rings. The Morgan fingerprint density at radius 2 is 2.00 bits per heavy atom. The van der Waals surface area contributed by atoms with Crippen LogP contribution in [-0.4, -0.2) is 39.1 Å². The van der Waals surface area contributed by atoms with Gasteiger partial charge in [0.15, 0.2) is 0 Å². The van der Waals surface area contributed by atoms with E-state index < -0.39 is 5.54 Å². The molecule has 0 radical (unpaired) electrons. The molecule has 1 aromatic carbocycles. The lowest BCUT2D eigenvalue weighted by atomic mass is 10.1. The second-order valence-electron chi connectivity index (χ2n) is 6.79. The second kappa shape index (κ2) is 7.67. The summed E-state index contributed by atoms with van der Waals surface area (Å²) in [4.78, 5) is 23.7. The molecule has 1 amide bonds. The molecule has 0 N–H and O–H groups in total. The monoisotopic (exact) mass is 396 g/mol. The van der Waals surface area contributed by atoms with E-state index in [2.05, 4.69) is 52.6 Å². The number of carbonyl (C=O) groups excluding carboxylic acids is 1. The Morgan fingerprint density at radius 1 is 1.30 bits per heavy atom. The van der Waals surface area contributed by atoms with Gasteiger partial charge in [-0.25, -0.2) is 9.97 Å². The fraction of sp³-hybridized carbons (Fsp3) is 0.300. The highest BCUT2D eigenvalue weighted by Crippen LogP contribution is 2.38. The number of thiophene rings is 1. The quantitative estimate of drug-likeness (QED) is 0.468. The topological polar surface area (TPSA) is 69.9 Å². The lowest BCUT2D eigenvalue weighted by Gasteiger charge is -2.28. The van der Waals surface area contributed by atoms with Gasteiger partial charge in [0.1, 0.15) is 21.7 Å². The SMILES string of the molecule is Cc1ccc(-c2csc3ncnc(SCC(=O)N(C)C(C)(C)C#N)c23)cc1. The zero-order valence-corrected chi connectivity index (χ0v) is 17.3. The molecule has 5 nitrogen and oxygen atoms in total. The number of aromatic nitrogens is 2. The molecule has 0 atom stereocenters. The van der Waals surface area contributed by atoms with E-state index in [1.807, 2.05) is 0 Å². The van der Waals surface area contributed by atoms with Gasteiger partial charge in [-0.3, -0.25) is 4.79 Å². The van der Waals surface area contributed by atoms with Crippen molar-refractivity contribution in [2.24, 2.45) is 0 Å². The highest BCUT2D eigenvalue weighted by atomic mass is 32.2. The molecule has 2 aromatic heterocycles. The molecule has 0 aliphatic heterocycles. The number of hydrogen-bond acceptors (Lipinski definition) is 6. The standard InChI is InChI=1S/C20H20N4OS2/c1-13-5-7-14(8-6-13)15-9-26-18-17(15)19(23-12-22-18)27-10-16(25)24(4)20(2,3)11-21/h5-9,12H,10H2,1-4H3. The minimum atomic E-state index is -0.839. The fourth-order valence-electron chi connectivity index (χ4n) is 2.52. The Morgan fingerprint density at radius 3 is 2.67 bits per heavy atom. The van der Waals surface area contributed by atoms with Crippen molar-refractivity contribution in [2.45, 2.75) is 31.3 Å². The van der Waals surface area contributed by atoms with Gasteiger partial charge in [0.2, 0.25) is 5.91 Å². The molecule has 138 valence electrons. The van der Waals surface area contributed by atoms with Gasteiger partial charge in [0.05, 0.1) is 17.2 Å². The third-order valence-corrected chi connectivity index (χ3v) is 6.38. The van der Waals surface area contributed by atoms with Gasteiger partial charge < -0.3 is 4.90 Å². The molecule has 0 aliphatic rings. The van der Waals surface area contributed by atoms with Crippen LogP contribution in [0.2, 0.25) is 0 Å². The number of hydrogen-bond donors (Lipinski definition) is 0. The molecule has 0 aliphatic carbocycles.